The van der Waals surface area contributed by atoms with Crippen molar-refractivity contribution in [1.29, 1.82) is 0 Å². The van der Waals surface area contributed by atoms with Gasteiger partial charge in [0.05, 0.1) is 35.8 Å². The first-order valence-corrected chi connectivity index (χ1v) is 12.8. The molecule has 0 unspecified atom stereocenters. The van der Waals surface area contributed by atoms with Crippen LogP contribution in [0.3, 0.4) is 0 Å². The summed E-state index contributed by atoms with van der Waals surface area (Å²) in [5.41, 5.74) is 5.49. The van der Waals surface area contributed by atoms with Gasteiger partial charge in [-0.15, -0.1) is 0 Å². The number of nitro benzene ring substituents is 1. The maximum Gasteiger partial charge on any atom is 0.269 e. The van der Waals surface area contributed by atoms with Crippen molar-refractivity contribution in [2.24, 2.45) is 16.8 Å². The summed E-state index contributed by atoms with van der Waals surface area (Å²) in [6, 6.07) is 13.3. The van der Waals surface area contributed by atoms with Gasteiger partial charge in [0.1, 0.15) is 0 Å². The van der Waals surface area contributed by atoms with Gasteiger partial charge >= 0.3 is 0 Å². The summed E-state index contributed by atoms with van der Waals surface area (Å²) in [7, 11) is 0. The molecule has 8 nitrogen and oxygen atoms in total. The normalized spacial score (nSPS) is 35.6. The topological polar surface area (TPSA) is 88.3 Å². The van der Waals surface area contributed by atoms with Crippen molar-refractivity contribution >= 4 is 29.2 Å². The van der Waals surface area contributed by atoms with E-state index in [9.17, 15) is 14.9 Å². The lowest BCUT2D eigenvalue weighted by atomic mass is 9.53. The summed E-state index contributed by atoms with van der Waals surface area (Å²) >= 11 is 0. The highest BCUT2D eigenvalue weighted by Crippen LogP contribution is 2.66. The van der Waals surface area contributed by atoms with Crippen LogP contribution in [0.2, 0.25) is 0 Å². The van der Waals surface area contributed by atoms with Crippen molar-refractivity contribution in [3.05, 3.63) is 75.4 Å². The van der Waals surface area contributed by atoms with Gasteiger partial charge in [0, 0.05) is 48.0 Å². The molecule has 0 radical (unpaired) electrons. The lowest BCUT2D eigenvalue weighted by molar-refractivity contribution is -0.384. The SMILES string of the molecule is O=C1C[C@@H]2OCC=C3CN4CC[C@@]56c7cc(N=Cc8ccc([N+](=O)[O-])cc8)ccc7N1[C@@H]5[C@@H]2[C@@H]3C[C@@H]46. The Labute approximate surface area is 208 Å². The number of anilines is 1. The Kier molecular flexibility index (Phi) is 4.11. The molecule has 0 N–H and O–H groups in total. The molecule has 6 aliphatic rings. The van der Waals surface area contributed by atoms with E-state index in [1.54, 1.807) is 18.3 Å². The molecule has 36 heavy (non-hydrogen) atoms. The molecule has 4 fully saturated rings. The predicted octanol–water partition coefficient (Wildman–Crippen LogP) is 3.75. The molecule has 0 aromatic heterocycles. The van der Waals surface area contributed by atoms with Gasteiger partial charge in [-0.05, 0) is 66.8 Å². The Morgan fingerprint density at radius 1 is 1.19 bits per heavy atom. The van der Waals surface area contributed by atoms with Crippen LogP contribution < -0.4 is 4.90 Å². The van der Waals surface area contributed by atoms with E-state index >= 15 is 0 Å². The number of fused-ring (bicyclic) bond motifs is 2. The van der Waals surface area contributed by atoms with Gasteiger partial charge in [0.15, 0.2) is 0 Å². The fraction of sp³-hybridized carbons (Fsp3) is 0.429. The number of amides is 1. The van der Waals surface area contributed by atoms with E-state index in [1.807, 2.05) is 6.07 Å². The highest BCUT2D eigenvalue weighted by atomic mass is 16.6. The van der Waals surface area contributed by atoms with Gasteiger partial charge < -0.3 is 9.64 Å². The maximum atomic E-state index is 13.6. The summed E-state index contributed by atoms with van der Waals surface area (Å²) < 4.78 is 6.32. The molecule has 5 heterocycles. The molecule has 2 aromatic carbocycles. The zero-order valence-corrected chi connectivity index (χ0v) is 19.7. The number of benzene rings is 2. The molecule has 182 valence electrons. The highest BCUT2D eigenvalue weighted by Gasteiger charge is 2.71. The fourth-order valence-electron chi connectivity index (χ4n) is 8.45. The van der Waals surface area contributed by atoms with Crippen LogP contribution in [-0.2, 0) is 14.9 Å². The smallest absolute Gasteiger partial charge is 0.269 e. The van der Waals surface area contributed by atoms with E-state index in [2.05, 4.69) is 28.0 Å². The van der Waals surface area contributed by atoms with Crippen molar-refractivity contribution in [3.63, 3.8) is 0 Å². The minimum absolute atomic E-state index is 0.00332. The van der Waals surface area contributed by atoms with E-state index in [1.165, 1.54) is 23.3 Å². The monoisotopic (exact) mass is 482 g/mol. The number of non-ortho nitro benzene ring substituents is 1. The van der Waals surface area contributed by atoms with Crippen molar-refractivity contribution < 1.29 is 14.5 Å². The van der Waals surface area contributed by atoms with Crippen molar-refractivity contribution in [2.75, 3.05) is 24.6 Å². The average molecular weight is 483 g/mol. The van der Waals surface area contributed by atoms with E-state index in [-0.39, 0.29) is 29.2 Å². The molecule has 1 aliphatic carbocycles. The van der Waals surface area contributed by atoms with Gasteiger partial charge in [-0.1, -0.05) is 11.6 Å². The molecule has 5 aliphatic heterocycles. The van der Waals surface area contributed by atoms with Crippen molar-refractivity contribution in [1.82, 2.24) is 4.90 Å². The number of hydrogen-bond donors (Lipinski definition) is 0. The van der Waals surface area contributed by atoms with Gasteiger partial charge in [-0.2, -0.15) is 0 Å². The van der Waals surface area contributed by atoms with Crippen molar-refractivity contribution in [2.45, 2.75) is 42.9 Å². The van der Waals surface area contributed by atoms with Crippen LogP contribution in [0.1, 0.15) is 30.4 Å². The molecule has 6 atom stereocenters. The summed E-state index contributed by atoms with van der Waals surface area (Å²) in [5.74, 6) is 1.02. The standard InChI is InChI=1S/C28H26N4O4/c33-25-13-23-26-20-12-24-28(8-9-30(24)15-17(20)7-10-36-23)21-11-18(3-6-22(21)31(25)27(26)28)29-14-16-1-4-19(5-2-16)32(34)35/h1-7,11,14,20,23-24,26-27H,8-10,12-13,15H2/t20-,23+,24-,26-,27-,28+/m1/s1. The largest absolute Gasteiger partial charge is 0.373 e. The average Bonchev–Trinajstić information content (AvgIpc) is 3.35. The van der Waals surface area contributed by atoms with E-state index in [4.69, 9.17) is 9.73 Å². The van der Waals surface area contributed by atoms with Crippen LogP contribution in [-0.4, -0.2) is 59.8 Å². The third-order valence-electron chi connectivity index (χ3n) is 9.76. The Balaban J connectivity index is 1.23. The first kappa shape index (κ1) is 20.8. The molecule has 1 spiro atoms. The third-order valence-corrected chi connectivity index (χ3v) is 9.76. The summed E-state index contributed by atoms with van der Waals surface area (Å²) in [6.45, 7) is 2.70. The molecule has 2 aromatic rings. The zero-order chi connectivity index (χ0) is 24.2. The van der Waals surface area contributed by atoms with Crippen LogP contribution in [0, 0.1) is 22.0 Å². The number of hydrogen-bond acceptors (Lipinski definition) is 6. The van der Waals surface area contributed by atoms with Gasteiger partial charge in [0.2, 0.25) is 5.91 Å². The van der Waals surface area contributed by atoms with E-state index < -0.39 is 4.92 Å². The van der Waals surface area contributed by atoms with Gasteiger partial charge in [0.25, 0.3) is 5.69 Å². The predicted molar refractivity (Wildman–Crippen MR) is 134 cm³/mol. The summed E-state index contributed by atoms with van der Waals surface area (Å²) in [4.78, 5) is 33.6. The molecular weight excluding hydrogens is 456 g/mol. The first-order chi connectivity index (χ1) is 17.5. The number of rotatable bonds is 3. The van der Waals surface area contributed by atoms with Crippen molar-refractivity contribution in [3.8, 4) is 0 Å². The molecule has 2 bridgehead atoms. The van der Waals surface area contributed by atoms with Crippen LogP contribution in [0.4, 0.5) is 17.1 Å². The molecule has 1 saturated carbocycles. The first-order valence-electron chi connectivity index (χ1n) is 12.8. The van der Waals surface area contributed by atoms with Crippen LogP contribution in [0.15, 0.2) is 59.1 Å². The fourth-order valence-corrected chi connectivity index (χ4v) is 8.45. The highest BCUT2D eigenvalue weighted by molar-refractivity contribution is 5.99. The lowest BCUT2D eigenvalue weighted by Gasteiger charge is -2.58. The minimum Gasteiger partial charge on any atom is -0.373 e. The summed E-state index contributed by atoms with van der Waals surface area (Å²) in [6.07, 6.45) is 6.70. The number of nitrogens with zero attached hydrogens (tertiary/aromatic N) is 4. The zero-order valence-electron chi connectivity index (χ0n) is 19.7. The quantitative estimate of drug-likeness (QED) is 0.288. The Morgan fingerprint density at radius 3 is 2.89 bits per heavy atom. The third kappa shape index (κ3) is 2.56. The second-order valence-electron chi connectivity index (χ2n) is 11.1. The summed E-state index contributed by atoms with van der Waals surface area (Å²) in [5, 5.41) is 10.9. The Bertz CT molecular complexity index is 1380. The van der Waals surface area contributed by atoms with E-state index in [0.29, 0.717) is 30.9 Å². The number of nitro groups is 1. The minimum atomic E-state index is -0.399. The van der Waals surface area contributed by atoms with Crippen LogP contribution >= 0.6 is 0 Å². The molecule has 8 heteroatoms. The lowest BCUT2D eigenvalue weighted by Crippen LogP contribution is -2.69. The molecule has 3 saturated heterocycles. The second-order valence-corrected chi connectivity index (χ2v) is 11.1. The van der Waals surface area contributed by atoms with Crippen LogP contribution in [0.25, 0.3) is 0 Å². The van der Waals surface area contributed by atoms with Gasteiger partial charge in [-0.25, -0.2) is 0 Å². The van der Waals surface area contributed by atoms with Crippen LogP contribution in [0.5, 0.6) is 0 Å². The molecular formula is C28H26N4O4. The Morgan fingerprint density at radius 2 is 2.06 bits per heavy atom. The number of carbonyl (C=O) groups is 1. The Hall–Kier alpha value is -3.36. The van der Waals surface area contributed by atoms with Gasteiger partial charge in [-0.3, -0.25) is 24.8 Å². The number of aliphatic imine (C=N–C) groups is 1. The maximum absolute atomic E-state index is 13.6. The second kappa shape index (κ2) is 7.11. The molecule has 8 rings (SSSR count). The number of piperidine rings is 2. The number of ether oxygens (including phenoxy) is 1. The van der Waals surface area contributed by atoms with E-state index in [0.717, 1.165) is 42.9 Å². The molecule has 1 amide bonds. The number of carbonyl (C=O) groups excluding carboxylic acids is 1.